The lowest BCUT2D eigenvalue weighted by atomic mass is 10.2. The van der Waals surface area contributed by atoms with Crippen molar-refractivity contribution in [3.63, 3.8) is 0 Å². The number of thioether (sulfide) groups is 1. The summed E-state index contributed by atoms with van der Waals surface area (Å²) in [5, 5.41) is 3.00. The molecule has 2 amide bonds. The largest absolute Gasteiger partial charge is 0.373 e. The summed E-state index contributed by atoms with van der Waals surface area (Å²) in [6, 6.07) is 8.02. The van der Waals surface area contributed by atoms with Crippen molar-refractivity contribution >= 4 is 29.2 Å². The fourth-order valence-corrected chi connectivity index (χ4v) is 2.55. The van der Waals surface area contributed by atoms with Gasteiger partial charge in [-0.25, -0.2) is 4.79 Å². The fourth-order valence-electron chi connectivity index (χ4n) is 1.84. The first-order valence-electron chi connectivity index (χ1n) is 6.84. The van der Waals surface area contributed by atoms with E-state index < -0.39 is 0 Å². The van der Waals surface area contributed by atoms with Crippen LogP contribution in [-0.2, 0) is 0 Å². The van der Waals surface area contributed by atoms with E-state index in [-0.39, 0.29) is 12.1 Å². The van der Waals surface area contributed by atoms with Crippen molar-refractivity contribution in [2.75, 3.05) is 42.9 Å². The Hall–Kier alpha value is -1.36. The Kier molecular flexibility index (Phi) is 6.71. The highest BCUT2D eigenvalue weighted by Gasteiger charge is 2.16. The fraction of sp³-hybridized carbons (Fsp3) is 0.533. The summed E-state index contributed by atoms with van der Waals surface area (Å²) in [6.07, 6.45) is 2.05. The molecule has 0 heterocycles. The van der Waals surface area contributed by atoms with Crippen LogP contribution >= 0.6 is 11.8 Å². The van der Waals surface area contributed by atoms with Crippen molar-refractivity contribution in [3.8, 4) is 0 Å². The van der Waals surface area contributed by atoms with E-state index in [9.17, 15) is 4.79 Å². The van der Waals surface area contributed by atoms with Gasteiger partial charge in [-0.15, -0.1) is 0 Å². The first-order valence-corrected chi connectivity index (χ1v) is 8.23. The summed E-state index contributed by atoms with van der Waals surface area (Å²) >= 11 is 1.74. The summed E-state index contributed by atoms with van der Waals surface area (Å²) < 4.78 is 0. The molecule has 0 spiro atoms. The maximum absolute atomic E-state index is 12.3. The van der Waals surface area contributed by atoms with Crippen molar-refractivity contribution in [2.45, 2.75) is 19.9 Å². The summed E-state index contributed by atoms with van der Waals surface area (Å²) in [4.78, 5) is 16.1. The monoisotopic (exact) mass is 295 g/mol. The third-order valence-electron chi connectivity index (χ3n) is 3.42. The Morgan fingerprint density at radius 3 is 2.60 bits per heavy atom. The lowest BCUT2D eigenvalue weighted by Crippen LogP contribution is -2.39. The molecule has 4 nitrogen and oxygen atoms in total. The second-order valence-electron chi connectivity index (χ2n) is 4.88. The van der Waals surface area contributed by atoms with Gasteiger partial charge in [0, 0.05) is 32.4 Å². The SMILES string of the molecule is CCN(C)c1ccccc1NC(=O)N(C)[C@@H](C)CSC. The average molecular weight is 295 g/mol. The second-order valence-corrected chi connectivity index (χ2v) is 5.79. The zero-order chi connectivity index (χ0) is 15.1. The maximum atomic E-state index is 12.3. The number of para-hydroxylation sites is 2. The van der Waals surface area contributed by atoms with Gasteiger partial charge >= 0.3 is 6.03 Å². The van der Waals surface area contributed by atoms with E-state index in [1.165, 1.54) is 0 Å². The van der Waals surface area contributed by atoms with Gasteiger partial charge in [0.1, 0.15) is 0 Å². The van der Waals surface area contributed by atoms with Gasteiger partial charge in [-0.2, -0.15) is 11.8 Å². The number of carbonyl (C=O) groups excluding carboxylic acids is 1. The van der Waals surface area contributed by atoms with Gasteiger partial charge < -0.3 is 15.1 Å². The number of rotatable bonds is 6. The van der Waals surface area contributed by atoms with Crippen LogP contribution in [0.3, 0.4) is 0 Å². The van der Waals surface area contributed by atoms with E-state index in [1.807, 2.05) is 44.6 Å². The number of hydrogen-bond acceptors (Lipinski definition) is 3. The lowest BCUT2D eigenvalue weighted by Gasteiger charge is -2.26. The molecule has 0 radical (unpaired) electrons. The first-order chi connectivity index (χ1) is 9.51. The van der Waals surface area contributed by atoms with Crippen LogP contribution in [0.2, 0.25) is 0 Å². The van der Waals surface area contributed by atoms with E-state index >= 15 is 0 Å². The van der Waals surface area contributed by atoms with Crippen molar-refractivity contribution in [1.82, 2.24) is 4.90 Å². The zero-order valence-electron chi connectivity index (χ0n) is 13.0. The summed E-state index contributed by atoms with van der Waals surface area (Å²) in [7, 11) is 3.85. The summed E-state index contributed by atoms with van der Waals surface area (Å²) in [6.45, 7) is 5.04. The third-order valence-corrected chi connectivity index (χ3v) is 4.24. The number of urea groups is 1. The van der Waals surface area contributed by atoms with Crippen LogP contribution in [0.15, 0.2) is 24.3 Å². The van der Waals surface area contributed by atoms with Crippen LogP contribution in [0.25, 0.3) is 0 Å². The number of nitrogens with one attached hydrogen (secondary N) is 1. The van der Waals surface area contributed by atoms with Gasteiger partial charge in [0.2, 0.25) is 0 Å². The molecule has 1 rings (SSSR count). The molecule has 5 heteroatoms. The lowest BCUT2D eigenvalue weighted by molar-refractivity contribution is 0.212. The molecule has 0 aromatic heterocycles. The Morgan fingerprint density at radius 1 is 1.35 bits per heavy atom. The molecule has 1 aromatic carbocycles. The first kappa shape index (κ1) is 16.7. The van der Waals surface area contributed by atoms with Crippen LogP contribution in [-0.4, -0.2) is 49.6 Å². The molecule has 0 fully saturated rings. The van der Waals surface area contributed by atoms with E-state index in [2.05, 4.69) is 24.1 Å². The van der Waals surface area contributed by atoms with Crippen LogP contribution in [0.5, 0.6) is 0 Å². The topological polar surface area (TPSA) is 35.6 Å². The number of amides is 2. The van der Waals surface area contributed by atoms with Crippen molar-refractivity contribution in [3.05, 3.63) is 24.3 Å². The van der Waals surface area contributed by atoms with Crippen molar-refractivity contribution < 1.29 is 4.79 Å². The van der Waals surface area contributed by atoms with Crippen molar-refractivity contribution in [1.29, 1.82) is 0 Å². The molecule has 1 aromatic rings. The molecule has 0 unspecified atom stereocenters. The van der Waals surface area contributed by atoms with E-state index in [0.717, 1.165) is 23.7 Å². The quantitative estimate of drug-likeness (QED) is 0.874. The smallest absolute Gasteiger partial charge is 0.321 e. The third kappa shape index (κ3) is 4.34. The van der Waals surface area contributed by atoms with Gasteiger partial charge in [-0.3, -0.25) is 0 Å². The molecule has 112 valence electrons. The highest BCUT2D eigenvalue weighted by Crippen LogP contribution is 2.24. The minimum Gasteiger partial charge on any atom is -0.373 e. The molecule has 0 aliphatic heterocycles. The number of carbonyl (C=O) groups is 1. The molecular weight excluding hydrogens is 270 g/mol. The predicted octanol–water partition coefficient (Wildman–Crippen LogP) is 3.36. The summed E-state index contributed by atoms with van der Waals surface area (Å²) in [5.74, 6) is 0.931. The molecule has 1 atom stereocenters. The van der Waals surface area contributed by atoms with Crippen LogP contribution in [0, 0.1) is 0 Å². The second kappa shape index (κ2) is 8.04. The average Bonchev–Trinajstić information content (AvgIpc) is 2.46. The highest BCUT2D eigenvalue weighted by atomic mass is 32.2. The Morgan fingerprint density at radius 2 is 2.00 bits per heavy atom. The minimum atomic E-state index is -0.0662. The molecule has 0 saturated carbocycles. The normalized spacial score (nSPS) is 11.8. The molecule has 0 aliphatic rings. The van der Waals surface area contributed by atoms with Gasteiger partial charge in [-0.1, -0.05) is 12.1 Å². The molecule has 20 heavy (non-hydrogen) atoms. The van der Waals surface area contributed by atoms with Gasteiger partial charge in [0.15, 0.2) is 0 Å². The number of hydrogen-bond donors (Lipinski definition) is 1. The predicted molar refractivity (Wildman–Crippen MR) is 90.0 cm³/mol. The highest BCUT2D eigenvalue weighted by molar-refractivity contribution is 7.98. The number of anilines is 2. The molecule has 0 aliphatic carbocycles. The molecular formula is C15H25N3OS. The molecule has 0 bridgehead atoms. The Bertz CT molecular complexity index is 439. The zero-order valence-corrected chi connectivity index (χ0v) is 13.8. The van der Waals surface area contributed by atoms with E-state index in [4.69, 9.17) is 0 Å². The Balaban J connectivity index is 2.80. The van der Waals surface area contributed by atoms with E-state index in [1.54, 1.807) is 16.7 Å². The van der Waals surface area contributed by atoms with Gasteiger partial charge in [0.25, 0.3) is 0 Å². The van der Waals surface area contributed by atoms with Crippen LogP contribution in [0.1, 0.15) is 13.8 Å². The maximum Gasteiger partial charge on any atom is 0.321 e. The number of nitrogens with zero attached hydrogens (tertiary/aromatic N) is 2. The van der Waals surface area contributed by atoms with Gasteiger partial charge in [0.05, 0.1) is 11.4 Å². The van der Waals surface area contributed by atoms with Crippen molar-refractivity contribution in [2.24, 2.45) is 0 Å². The molecule has 0 saturated heterocycles. The molecule has 1 N–H and O–H groups in total. The standard InChI is InChI=1S/C15H25N3OS/c1-6-17(3)14-10-8-7-9-13(14)16-15(19)18(4)12(2)11-20-5/h7-10,12H,6,11H2,1-5H3,(H,16,19)/t12-/m0/s1. The minimum absolute atomic E-state index is 0.0662. The number of benzene rings is 1. The van der Waals surface area contributed by atoms with Gasteiger partial charge in [-0.05, 0) is 32.2 Å². The Labute approximate surface area is 126 Å². The van der Waals surface area contributed by atoms with Crippen LogP contribution < -0.4 is 10.2 Å². The van der Waals surface area contributed by atoms with Crippen LogP contribution in [0.4, 0.5) is 16.2 Å². The van der Waals surface area contributed by atoms with E-state index in [0.29, 0.717) is 0 Å². The summed E-state index contributed by atoms with van der Waals surface area (Å²) in [5.41, 5.74) is 1.89.